The highest BCUT2D eigenvalue weighted by Gasteiger charge is 2.16. The summed E-state index contributed by atoms with van der Waals surface area (Å²) in [4.78, 5) is 4.53. The number of benzene rings is 1. The fourth-order valence-electron chi connectivity index (χ4n) is 2.55. The molecule has 21 heavy (non-hydrogen) atoms. The number of aromatic nitrogens is 1. The van der Waals surface area contributed by atoms with Crippen LogP contribution in [0.2, 0.25) is 0 Å². The summed E-state index contributed by atoms with van der Waals surface area (Å²) < 4.78 is 5.75. The molecule has 4 heteroatoms. The lowest BCUT2D eigenvalue weighted by molar-refractivity contribution is 0.281. The Morgan fingerprint density at radius 1 is 1.19 bits per heavy atom. The highest BCUT2D eigenvalue weighted by atomic mass is 16.5. The van der Waals surface area contributed by atoms with Gasteiger partial charge in [-0.1, -0.05) is 12.1 Å². The smallest absolute Gasteiger partial charge is 0.237 e. The van der Waals surface area contributed by atoms with Crippen molar-refractivity contribution in [2.75, 3.05) is 0 Å². The van der Waals surface area contributed by atoms with E-state index in [1.54, 1.807) is 24.3 Å². The number of hydrogen-bond acceptors (Lipinski definition) is 4. The van der Waals surface area contributed by atoms with Gasteiger partial charge in [-0.05, 0) is 55.0 Å². The zero-order chi connectivity index (χ0) is 14.7. The second-order valence-electron chi connectivity index (χ2n) is 5.17. The number of aryl methyl sites for hydroxylation is 2. The zero-order valence-corrected chi connectivity index (χ0v) is 11.7. The third-order valence-corrected chi connectivity index (χ3v) is 3.71. The molecule has 1 heterocycles. The van der Waals surface area contributed by atoms with Crippen molar-refractivity contribution in [3.63, 3.8) is 0 Å². The van der Waals surface area contributed by atoms with E-state index in [2.05, 4.69) is 11.1 Å². The Balaban J connectivity index is 1.91. The molecule has 0 radical (unpaired) electrons. The Hall–Kier alpha value is -2.38. The monoisotopic (exact) mass is 280 g/mol. The van der Waals surface area contributed by atoms with Crippen molar-refractivity contribution in [3.05, 3.63) is 52.7 Å². The first kappa shape index (κ1) is 13.6. The van der Waals surface area contributed by atoms with Crippen molar-refractivity contribution in [1.82, 2.24) is 4.98 Å². The number of fused-ring (bicyclic) bond motifs is 1. The lowest BCUT2D eigenvalue weighted by Crippen LogP contribution is -2.07. The average Bonchev–Trinajstić information content (AvgIpc) is 2.55. The summed E-state index contributed by atoms with van der Waals surface area (Å²) in [6.45, 7) is 0.000814. The predicted molar refractivity (Wildman–Crippen MR) is 78.0 cm³/mol. The van der Waals surface area contributed by atoms with E-state index < -0.39 is 0 Å². The van der Waals surface area contributed by atoms with Gasteiger partial charge in [-0.3, -0.25) is 0 Å². The molecule has 0 aliphatic heterocycles. The van der Waals surface area contributed by atoms with Gasteiger partial charge in [0.05, 0.1) is 6.61 Å². The Morgan fingerprint density at radius 2 is 1.95 bits per heavy atom. The molecule has 4 nitrogen and oxygen atoms in total. The molecule has 0 fully saturated rings. The molecule has 0 unspecified atom stereocenters. The van der Waals surface area contributed by atoms with Crippen molar-refractivity contribution in [1.29, 1.82) is 5.26 Å². The average molecular weight is 280 g/mol. The number of ether oxygens (including phenoxy) is 1. The SMILES string of the molecule is N#Cc1cc2c(nc1Oc1ccc(CO)cc1)CCCC2. The predicted octanol–water partition coefficient (Wildman–Crippen LogP) is 3.12. The van der Waals surface area contributed by atoms with Crippen LogP contribution >= 0.6 is 0 Å². The van der Waals surface area contributed by atoms with Crippen LogP contribution in [0.4, 0.5) is 0 Å². The van der Waals surface area contributed by atoms with Gasteiger partial charge < -0.3 is 9.84 Å². The first-order chi connectivity index (χ1) is 10.3. The van der Waals surface area contributed by atoms with Gasteiger partial charge in [0.25, 0.3) is 0 Å². The quantitative estimate of drug-likeness (QED) is 0.938. The summed E-state index contributed by atoms with van der Waals surface area (Å²) in [5.74, 6) is 0.988. The van der Waals surface area contributed by atoms with E-state index >= 15 is 0 Å². The van der Waals surface area contributed by atoms with Crippen LogP contribution in [0.1, 0.15) is 35.2 Å². The maximum absolute atomic E-state index is 9.28. The topological polar surface area (TPSA) is 66.1 Å². The van der Waals surface area contributed by atoms with Gasteiger partial charge in [0.2, 0.25) is 5.88 Å². The van der Waals surface area contributed by atoms with Crippen molar-refractivity contribution in [2.24, 2.45) is 0 Å². The fraction of sp³-hybridized carbons (Fsp3) is 0.294. The molecule has 1 aliphatic rings. The Labute approximate surface area is 123 Å². The number of aliphatic hydroxyl groups is 1. The molecule has 1 aromatic heterocycles. The molecule has 1 aromatic carbocycles. The number of nitriles is 1. The molecule has 0 saturated heterocycles. The van der Waals surface area contributed by atoms with E-state index in [0.29, 0.717) is 17.2 Å². The third-order valence-electron chi connectivity index (χ3n) is 3.71. The first-order valence-corrected chi connectivity index (χ1v) is 7.10. The zero-order valence-electron chi connectivity index (χ0n) is 11.7. The molecule has 0 amide bonds. The van der Waals surface area contributed by atoms with Crippen LogP contribution in [0.25, 0.3) is 0 Å². The minimum absolute atomic E-state index is 0.000814. The first-order valence-electron chi connectivity index (χ1n) is 7.10. The van der Waals surface area contributed by atoms with Crippen molar-refractivity contribution in [3.8, 4) is 17.7 Å². The molecule has 1 aliphatic carbocycles. The molecular weight excluding hydrogens is 264 g/mol. The second kappa shape index (κ2) is 5.94. The standard InChI is InChI=1S/C17H16N2O2/c18-10-14-9-13-3-1-2-4-16(13)19-17(14)21-15-7-5-12(11-20)6-8-15/h5-9,20H,1-4,11H2. The van der Waals surface area contributed by atoms with Gasteiger partial charge in [0, 0.05) is 5.69 Å². The molecule has 0 spiro atoms. The highest BCUT2D eigenvalue weighted by Crippen LogP contribution is 2.28. The molecule has 106 valence electrons. The van der Waals surface area contributed by atoms with Gasteiger partial charge in [0.1, 0.15) is 17.4 Å². The molecule has 0 saturated carbocycles. The Morgan fingerprint density at radius 3 is 2.67 bits per heavy atom. The van der Waals surface area contributed by atoms with Gasteiger partial charge in [-0.25, -0.2) is 4.98 Å². The summed E-state index contributed by atoms with van der Waals surface area (Å²) in [5, 5.41) is 18.3. The lowest BCUT2D eigenvalue weighted by atomic mass is 9.95. The van der Waals surface area contributed by atoms with Crippen molar-refractivity contribution >= 4 is 0 Å². The maximum atomic E-state index is 9.28. The Kier molecular flexibility index (Phi) is 3.85. The van der Waals surface area contributed by atoms with E-state index in [0.717, 1.165) is 36.9 Å². The molecule has 0 atom stereocenters. The van der Waals surface area contributed by atoms with E-state index in [-0.39, 0.29) is 6.61 Å². The maximum Gasteiger partial charge on any atom is 0.237 e. The minimum atomic E-state index is 0.000814. The summed E-state index contributed by atoms with van der Waals surface area (Å²) in [6.07, 6.45) is 4.22. The molecule has 1 N–H and O–H groups in total. The Bertz CT molecular complexity index is 687. The molecule has 0 bridgehead atoms. The number of rotatable bonds is 3. The molecule has 3 rings (SSSR count). The van der Waals surface area contributed by atoms with E-state index in [4.69, 9.17) is 9.84 Å². The van der Waals surface area contributed by atoms with Crippen molar-refractivity contribution < 1.29 is 9.84 Å². The number of pyridine rings is 1. The van der Waals surface area contributed by atoms with Gasteiger partial charge in [0.15, 0.2) is 0 Å². The van der Waals surface area contributed by atoms with Gasteiger partial charge in [-0.15, -0.1) is 0 Å². The normalized spacial score (nSPS) is 13.3. The van der Waals surface area contributed by atoms with Gasteiger partial charge >= 0.3 is 0 Å². The van der Waals surface area contributed by atoms with Crippen LogP contribution in [-0.4, -0.2) is 10.1 Å². The number of aliphatic hydroxyl groups excluding tert-OH is 1. The van der Waals surface area contributed by atoms with E-state index in [9.17, 15) is 5.26 Å². The number of hydrogen-bond donors (Lipinski definition) is 1. The lowest BCUT2D eigenvalue weighted by Gasteiger charge is -2.16. The van der Waals surface area contributed by atoms with Crippen LogP contribution in [-0.2, 0) is 19.4 Å². The second-order valence-corrected chi connectivity index (χ2v) is 5.17. The largest absolute Gasteiger partial charge is 0.438 e. The third kappa shape index (κ3) is 2.88. The van der Waals surface area contributed by atoms with Crippen LogP contribution in [0, 0.1) is 11.3 Å². The van der Waals surface area contributed by atoms with Crippen LogP contribution < -0.4 is 4.74 Å². The van der Waals surface area contributed by atoms with Crippen LogP contribution in [0.5, 0.6) is 11.6 Å². The highest BCUT2D eigenvalue weighted by molar-refractivity contribution is 5.45. The number of nitrogens with zero attached hydrogens (tertiary/aromatic N) is 2. The van der Waals surface area contributed by atoms with Crippen molar-refractivity contribution in [2.45, 2.75) is 32.3 Å². The molecular formula is C17H16N2O2. The van der Waals surface area contributed by atoms with E-state index in [1.807, 2.05) is 6.07 Å². The summed E-state index contributed by atoms with van der Waals surface area (Å²) in [5.41, 5.74) is 3.51. The van der Waals surface area contributed by atoms with Gasteiger partial charge in [-0.2, -0.15) is 5.26 Å². The van der Waals surface area contributed by atoms with Crippen LogP contribution in [0.15, 0.2) is 30.3 Å². The summed E-state index contributed by atoms with van der Waals surface area (Å²) in [7, 11) is 0. The fourth-order valence-corrected chi connectivity index (χ4v) is 2.55. The summed E-state index contributed by atoms with van der Waals surface area (Å²) >= 11 is 0. The minimum Gasteiger partial charge on any atom is -0.438 e. The molecule has 2 aromatic rings. The summed E-state index contributed by atoms with van der Waals surface area (Å²) in [6, 6.07) is 11.2. The van der Waals surface area contributed by atoms with E-state index in [1.165, 1.54) is 5.56 Å². The van der Waals surface area contributed by atoms with Crippen LogP contribution in [0.3, 0.4) is 0 Å².